The molecule has 41 heavy (non-hydrogen) atoms. The molecule has 4 aromatic rings. The lowest BCUT2D eigenvalue weighted by molar-refractivity contribution is -0.120. The molecular weight excluding hydrogens is 518 g/mol. The van der Waals surface area contributed by atoms with E-state index in [1.165, 1.54) is 4.57 Å². The molecule has 0 saturated heterocycles. The second-order valence-electron chi connectivity index (χ2n) is 11.1. The first kappa shape index (κ1) is 26.4. The smallest absolute Gasteiger partial charge is 0.294 e. The summed E-state index contributed by atoms with van der Waals surface area (Å²) in [5, 5.41) is 8.94. The van der Waals surface area contributed by atoms with E-state index in [1.807, 2.05) is 69.3 Å². The van der Waals surface area contributed by atoms with Gasteiger partial charge < -0.3 is 16.0 Å². The summed E-state index contributed by atoms with van der Waals surface area (Å²) in [4.78, 5) is 53.4. The summed E-state index contributed by atoms with van der Waals surface area (Å²) in [5.41, 5.74) is 4.03. The molecule has 208 valence electrons. The first-order valence-electron chi connectivity index (χ1n) is 13.7. The Balaban J connectivity index is 1.27. The normalized spacial score (nSPS) is 16.9. The highest BCUT2D eigenvalue weighted by Crippen LogP contribution is 2.46. The fraction of sp³-hybridized carbons (Fsp3) is 0.290. The first-order chi connectivity index (χ1) is 19.7. The fourth-order valence-electron chi connectivity index (χ4n) is 5.75. The maximum atomic E-state index is 13.5. The second kappa shape index (κ2) is 10.3. The fourth-order valence-corrected chi connectivity index (χ4v) is 5.75. The van der Waals surface area contributed by atoms with E-state index >= 15 is 0 Å². The Morgan fingerprint density at radius 3 is 2.68 bits per heavy atom. The lowest BCUT2D eigenvalue weighted by Gasteiger charge is -2.19. The number of carbonyl (C=O) groups excluding carboxylic acids is 2. The van der Waals surface area contributed by atoms with Gasteiger partial charge in [-0.05, 0) is 37.0 Å². The molecule has 4 heterocycles. The molecule has 0 saturated carbocycles. The van der Waals surface area contributed by atoms with Gasteiger partial charge in [-0.15, -0.1) is 0 Å². The number of aromatic nitrogens is 4. The van der Waals surface area contributed by atoms with E-state index in [1.54, 1.807) is 12.4 Å². The number of hydrogen-bond donors (Lipinski definition) is 3. The zero-order valence-electron chi connectivity index (χ0n) is 23.2. The third-order valence-electron chi connectivity index (χ3n) is 7.66. The average molecular weight is 550 g/mol. The van der Waals surface area contributed by atoms with Gasteiger partial charge in [-0.3, -0.25) is 23.9 Å². The van der Waals surface area contributed by atoms with Crippen LogP contribution in [0.15, 0.2) is 65.7 Å². The van der Waals surface area contributed by atoms with Crippen LogP contribution in [0.5, 0.6) is 0 Å². The summed E-state index contributed by atoms with van der Waals surface area (Å²) < 4.78 is 1.47. The molecule has 3 aromatic heterocycles. The lowest BCUT2D eigenvalue weighted by atomic mass is 9.80. The predicted octanol–water partition coefficient (Wildman–Crippen LogP) is 3.70. The van der Waals surface area contributed by atoms with Crippen LogP contribution in [0.2, 0.25) is 0 Å². The molecule has 3 N–H and O–H groups in total. The number of benzene rings is 1. The number of fused-ring (bicyclic) bond motifs is 3. The van der Waals surface area contributed by atoms with Gasteiger partial charge in [0.25, 0.3) is 5.56 Å². The molecule has 10 heteroatoms. The van der Waals surface area contributed by atoms with Gasteiger partial charge in [-0.25, -0.2) is 9.97 Å². The number of rotatable bonds is 7. The van der Waals surface area contributed by atoms with Gasteiger partial charge in [0.1, 0.15) is 12.4 Å². The van der Waals surface area contributed by atoms with Crippen molar-refractivity contribution in [1.29, 1.82) is 0 Å². The molecule has 0 fully saturated rings. The second-order valence-corrected chi connectivity index (χ2v) is 11.1. The van der Waals surface area contributed by atoms with Gasteiger partial charge in [0.2, 0.25) is 11.8 Å². The van der Waals surface area contributed by atoms with Crippen molar-refractivity contribution in [3.63, 3.8) is 0 Å². The number of aryl methyl sites for hydroxylation is 1. The molecule has 1 spiro atoms. The molecule has 1 unspecified atom stereocenters. The van der Waals surface area contributed by atoms with Crippen LogP contribution in [-0.4, -0.2) is 37.9 Å². The number of carbonyl (C=O) groups is 2. The van der Waals surface area contributed by atoms with Crippen LogP contribution >= 0.6 is 0 Å². The van der Waals surface area contributed by atoms with Gasteiger partial charge in [0.05, 0.1) is 28.7 Å². The molecule has 2 amide bonds. The largest absolute Gasteiger partial charge is 0.365 e. The molecule has 0 bridgehead atoms. The van der Waals surface area contributed by atoms with Crippen molar-refractivity contribution in [2.24, 2.45) is 5.92 Å². The zero-order chi connectivity index (χ0) is 28.7. The van der Waals surface area contributed by atoms with Gasteiger partial charge in [-0.2, -0.15) is 0 Å². The number of hydrogen-bond acceptors (Lipinski definition) is 7. The van der Waals surface area contributed by atoms with Crippen molar-refractivity contribution in [3.8, 4) is 11.3 Å². The van der Waals surface area contributed by atoms with E-state index in [2.05, 4.69) is 30.9 Å². The minimum absolute atomic E-state index is 0.0856. The van der Waals surface area contributed by atoms with Crippen LogP contribution < -0.4 is 21.5 Å². The van der Waals surface area contributed by atoms with E-state index in [-0.39, 0.29) is 29.7 Å². The van der Waals surface area contributed by atoms with Crippen LogP contribution in [-0.2, 0) is 34.4 Å². The van der Waals surface area contributed by atoms with Crippen LogP contribution in [0.25, 0.3) is 11.3 Å². The summed E-state index contributed by atoms with van der Waals surface area (Å²) in [6.45, 7) is 6.31. The number of nitrogens with one attached hydrogen (secondary N) is 3. The summed E-state index contributed by atoms with van der Waals surface area (Å²) in [5.74, 6) is 0.671. The van der Waals surface area contributed by atoms with Gasteiger partial charge in [-0.1, -0.05) is 50.2 Å². The highest BCUT2D eigenvalue weighted by atomic mass is 16.2. The SMILES string of the molecule is Cc1nc(NCC(C)C)c(=O)n(CC(=O)Nc2cnc3c(c2)CC2(C3)C(=O)Nc3ncccc32)c1-c1ccccc1. The molecule has 1 aliphatic carbocycles. The molecule has 1 aromatic carbocycles. The maximum Gasteiger partial charge on any atom is 0.294 e. The van der Waals surface area contributed by atoms with Crippen molar-refractivity contribution < 1.29 is 9.59 Å². The van der Waals surface area contributed by atoms with Crippen molar-refractivity contribution in [1.82, 2.24) is 19.5 Å². The molecule has 10 nitrogen and oxygen atoms in total. The van der Waals surface area contributed by atoms with Crippen LogP contribution in [0.1, 0.15) is 36.4 Å². The maximum absolute atomic E-state index is 13.5. The Morgan fingerprint density at radius 1 is 1.10 bits per heavy atom. The summed E-state index contributed by atoms with van der Waals surface area (Å²) in [6.07, 6.45) is 4.20. The van der Waals surface area contributed by atoms with Crippen molar-refractivity contribution in [2.45, 2.75) is 45.6 Å². The number of amides is 2. The Bertz CT molecular complexity index is 1730. The van der Waals surface area contributed by atoms with Crippen molar-refractivity contribution in [2.75, 3.05) is 22.5 Å². The van der Waals surface area contributed by atoms with E-state index in [9.17, 15) is 14.4 Å². The zero-order valence-corrected chi connectivity index (χ0v) is 23.2. The molecule has 0 radical (unpaired) electrons. The third-order valence-corrected chi connectivity index (χ3v) is 7.66. The standard InChI is InChI=1S/C31H31N7O3/c1-18(2)15-34-28-29(40)38(26(19(3)35-28)20-8-5-4-6-9-20)17-25(39)36-22-12-21-13-31(14-24(21)33-16-22)23-10-7-11-32-27(23)37-30(31)41/h4-12,16,18H,13-15,17H2,1-3H3,(H,34,35)(H,36,39)(H,32,37,41). The highest BCUT2D eigenvalue weighted by Gasteiger charge is 2.51. The molecular formula is C31H31N7O3. The lowest BCUT2D eigenvalue weighted by Crippen LogP contribution is -2.35. The van der Waals surface area contributed by atoms with Crippen LogP contribution in [0.3, 0.4) is 0 Å². The summed E-state index contributed by atoms with van der Waals surface area (Å²) in [7, 11) is 0. The van der Waals surface area contributed by atoms with Gasteiger partial charge in [0.15, 0.2) is 5.82 Å². The monoisotopic (exact) mass is 549 g/mol. The van der Waals surface area contributed by atoms with Gasteiger partial charge in [0, 0.05) is 36.0 Å². The Hall–Kier alpha value is -4.86. The Kier molecular flexibility index (Phi) is 6.61. The van der Waals surface area contributed by atoms with Crippen molar-refractivity contribution >= 4 is 29.1 Å². The van der Waals surface area contributed by atoms with E-state index < -0.39 is 5.41 Å². The summed E-state index contributed by atoms with van der Waals surface area (Å²) in [6, 6.07) is 15.1. The minimum atomic E-state index is -0.743. The molecule has 2 aliphatic rings. The minimum Gasteiger partial charge on any atom is -0.365 e. The van der Waals surface area contributed by atoms with Gasteiger partial charge >= 0.3 is 0 Å². The predicted molar refractivity (Wildman–Crippen MR) is 157 cm³/mol. The number of nitrogens with zero attached hydrogens (tertiary/aromatic N) is 4. The Labute approximate surface area is 237 Å². The topological polar surface area (TPSA) is 131 Å². The molecule has 6 rings (SSSR count). The quantitative estimate of drug-likeness (QED) is 0.320. The van der Waals surface area contributed by atoms with E-state index in [4.69, 9.17) is 0 Å². The van der Waals surface area contributed by atoms with E-state index in [0.29, 0.717) is 48.2 Å². The number of pyridine rings is 2. The first-order valence-corrected chi connectivity index (χ1v) is 13.7. The number of anilines is 3. The molecule has 1 aliphatic heterocycles. The van der Waals surface area contributed by atoms with E-state index in [0.717, 1.165) is 22.4 Å². The van der Waals surface area contributed by atoms with Crippen molar-refractivity contribution in [3.05, 3.63) is 93.8 Å². The van der Waals surface area contributed by atoms with Crippen LogP contribution in [0.4, 0.5) is 17.3 Å². The van der Waals surface area contributed by atoms with Crippen LogP contribution in [0, 0.1) is 12.8 Å². The third kappa shape index (κ3) is 4.75. The molecule has 1 atom stereocenters. The average Bonchev–Trinajstić information content (AvgIpc) is 3.47. The Morgan fingerprint density at radius 2 is 1.90 bits per heavy atom. The summed E-state index contributed by atoms with van der Waals surface area (Å²) >= 11 is 0. The highest BCUT2D eigenvalue weighted by molar-refractivity contribution is 6.06.